The normalized spacial score (nSPS) is 10.0. The number of carbonyl (C=O) groups excluding carboxylic acids is 2. The maximum absolute atomic E-state index is 12.6. The average Bonchev–Trinajstić information content (AvgIpc) is 2.53. The van der Waals surface area contributed by atoms with Crippen molar-refractivity contribution in [3.8, 4) is 11.5 Å². The van der Waals surface area contributed by atoms with Gasteiger partial charge >= 0.3 is 0 Å². The highest BCUT2D eigenvalue weighted by atomic mass is 16.5. The lowest BCUT2D eigenvalue weighted by Gasteiger charge is -2.13. The van der Waals surface area contributed by atoms with E-state index in [1.54, 1.807) is 30.3 Å². The molecule has 0 radical (unpaired) electrons. The van der Waals surface area contributed by atoms with Gasteiger partial charge in [0.2, 0.25) is 0 Å². The number of hydrogen-bond donors (Lipinski definition) is 0. The zero-order valence-corrected chi connectivity index (χ0v) is 12.2. The monoisotopic (exact) mass is 284 g/mol. The summed E-state index contributed by atoms with van der Waals surface area (Å²) in [6.45, 7) is 1.43. The summed E-state index contributed by atoms with van der Waals surface area (Å²) in [6, 6.07) is 11.9. The number of carbonyl (C=O) groups is 2. The smallest absolute Gasteiger partial charge is 0.196 e. The Hall–Kier alpha value is -2.62. The number of ketones is 2. The third-order valence-corrected chi connectivity index (χ3v) is 3.18. The molecule has 0 saturated carbocycles. The molecular weight excluding hydrogens is 268 g/mol. The van der Waals surface area contributed by atoms with E-state index in [2.05, 4.69) is 0 Å². The fourth-order valence-electron chi connectivity index (χ4n) is 2.10. The summed E-state index contributed by atoms with van der Waals surface area (Å²) in [5.74, 6) is 0.406. The van der Waals surface area contributed by atoms with Gasteiger partial charge in [-0.3, -0.25) is 9.59 Å². The average molecular weight is 284 g/mol. The SMILES string of the molecule is COc1cc(OC)c(C(=O)c2ccccc2)cc1C(C)=O. The number of Topliss-reactive ketones (excluding diaryl/α,β-unsaturated/α-hetero) is 1. The van der Waals surface area contributed by atoms with Crippen molar-refractivity contribution in [1.82, 2.24) is 0 Å². The molecule has 2 rings (SSSR count). The first-order valence-corrected chi connectivity index (χ1v) is 6.45. The zero-order valence-electron chi connectivity index (χ0n) is 12.2. The molecule has 21 heavy (non-hydrogen) atoms. The molecule has 108 valence electrons. The van der Waals surface area contributed by atoms with Gasteiger partial charge in [0, 0.05) is 11.6 Å². The second-order valence-corrected chi connectivity index (χ2v) is 4.50. The van der Waals surface area contributed by atoms with Gasteiger partial charge in [-0.05, 0) is 13.0 Å². The summed E-state index contributed by atoms with van der Waals surface area (Å²) in [4.78, 5) is 24.3. The molecule has 0 aliphatic rings. The molecule has 4 nitrogen and oxygen atoms in total. The van der Waals surface area contributed by atoms with Crippen molar-refractivity contribution >= 4 is 11.6 Å². The van der Waals surface area contributed by atoms with Crippen LogP contribution in [0.2, 0.25) is 0 Å². The lowest BCUT2D eigenvalue weighted by Crippen LogP contribution is -2.07. The van der Waals surface area contributed by atoms with Gasteiger partial charge in [0.15, 0.2) is 11.6 Å². The van der Waals surface area contributed by atoms with E-state index in [4.69, 9.17) is 9.47 Å². The molecule has 0 aromatic heterocycles. The van der Waals surface area contributed by atoms with Crippen LogP contribution in [-0.2, 0) is 0 Å². The van der Waals surface area contributed by atoms with Crippen molar-refractivity contribution in [2.24, 2.45) is 0 Å². The van der Waals surface area contributed by atoms with Gasteiger partial charge < -0.3 is 9.47 Å². The van der Waals surface area contributed by atoms with Crippen LogP contribution in [0.25, 0.3) is 0 Å². The summed E-state index contributed by atoms with van der Waals surface area (Å²) in [6.07, 6.45) is 0. The second-order valence-electron chi connectivity index (χ2n) is 4.50. The summed E-state index contributed by atoms with van der Waals surface area (Å²) in [5.41, 5.74) is 1.24. The molecular formula is C17H16O4. The molecule has 0 aliphatic carbocycles. The van der Waals surface area contributed by atoms with Crippen LogP contribution in [0.5, 0.6) is 11.5 Å². The van der Waals surface area contributed by atoms with E-state index in [-0.39, 0.29) is 11.6 Å². The van der Waals surface area contributed by atoms with Gasteiger partial charge in [-0.2, -0.15) is 0 Å². The van der Waals surface area contributed by atoms with Crippen molar-refractivity contribution in [3.05, 3.63) is 59.2 Å². The number of hydrogen-bond acceptors (Lipinski definition) is 4. The summed E-state index contributed by atoms with van der Waals surface area (Å²) in [5, 5.41) is 0. The number of methoxy groups -OCH3 is 2. The van der Waals surface area contributed by atoms with Crippen molar-refractivity contribution in [2.45, 2.75) is 6.92 Å². The third kappa shape index (κ3) is 2.94. The van der Waals surface area contributed by atoms with Crippen molar-refractivity contribution in [2.75, 3.05) is 14.2 Å². The van der Waals surface area contributed by atoms with Crippen LogP contribution in [0.4, 0.5) is 0 Å². The Balaban J connectivity index is 2.59. The van der Waals surface area contributed by atoms with E-state index in [0.29, 0.717) is 28.2 Å². The molecule has 2 aromatic rings. The Kier molecular flexibility index (Phi) is 4.38. The van der Waals surface area contributed by atoms with Gasteiger partial charge in [-0.1, -0.05) is 30.3 Å². The lowest BCUT2D eigenvalue weighted by atomic mass is 9.98. The van der Waals surface area contributed by atoms with Crippen LogP contribution < -0.4 is 9.47 Å². The molecule has 0 heterocycles. The van der Waals surface area contributed by atoms with E-state index < -0.39 is 0 Å². The van der Waals surface area contributed by atoms with Crippen LogP contribution in [0.15, 0.2) is 42.5 Å². The molecule has 4 heteroatoms. The fourth-order valence-corrected chi connectivity index (χ4v) is 2.10. The van der Waals surface area contributed by atoms with Gasteiger partial charge in [-0.25, -0.2) is 0 Å². The molecule has 0 spiro atoms. The number of ether oxygens (including phenoxy) is 2. The first kappa shape index (κ1) is 14.8. The van der Waals surface area contributed by atoms with E-state index in [1.807, 2.05) is 6.07 Å². The number of benzene rings is 2. The van der Waals surface area contributed by atoms with Gasteiger partial charge in [0.25, 0.3) is 0 Å². The highest BCUT2D eigenvalue weighted by Crippen LogP contribution is 2.31. The highest BCUT2D eigenvalue weighted by molar-refractivity contribution is 6.12. The molecule has 2 aromatic carbocycles. The van der Waals surface area contributed by atoms with Crippen LogP contribution in [0.1, 0.15) is 33.2 Å². The molecule has 0 aliphatic heterocycles. The summed E-state index contributed by atoms with van der Waals surface area (Å²) >= 11 is 0. The van der Waals surface area contributed by atoms with Gasteiger partial charge in [0.1, 0.15) is 11.5 Å². The standard InChI is InChI=1S/C17H16O4/c1-11(18)13-9-14(16(21-3)10-15(13)20-2)17(19)12-7-5-4-6-8-12/h4-10H,1-3H3. The van der Waals surface area contributed by atoms with Gasteiger partial charge in [0.05, 0.1) is 25.3 Å². The fraction of sp³-hybridized carbons (Fsp3) is 0.176. The Labute approximate surface area is 123 Å². The maximum Gasteiger partial charge on any atom is 0.196 e. The molecule has 0 amide bonds. The van der Waals surface area contributed by atoms with Crippen LogP contribution in [0, 0.1) is 0 Å². The predicted octanol–water partition coefficient (Wildman–Crippen LogP) is 3.14. The second kappa shape index (κ2) is 6.22. The largest absolute Gasteiger partial charge is 0.496 e. The first-order chi connectivity index (χ1) is 10.1. The first-order valence-electron chi connectivity index (χ1n) is 6.45. The molecule has 0 atom stereocenters. The maximum atomic E-state index is 12.6. The lowest BCUT2D eigenvalue weighted by molar-refractivity contribution is 0.101. The Morgan fingerprint density at radius 3 is 1.95 bits per heavy atom. The van der Waals surface area contributed by atoms with Gasteiger partial charge in [-0.15, -0.1) is 0 Å². The minimum Gasteiger partial charge on any atom is -0.496 e. The Bertz CT molecular complexity index is 675. The number of rotatable bonds is 5. The highest BCUT2D eigenvalue weighted by Gasteiger charge is 2.20. The van der Waals surface area contributed by atoms with Crippen molar-refractivity contribution in [1.29, 1.82) is 0 Å². The quantitative estimate of drug-likeness (QED) is 0.791. The van der Waals surface area contributed by atoms with E-state index >= 15 is 0 Å². The minimum atomic E-state index is -0.197. The zero-order chi connectivity index (χ0) is 15.4. The molecule has 0 unspecified atom stereocenters. The van der Waals surface area contributed by atoms with E-state index in [1.165, 1.54) is 27.2 Å². The predicted molar refractivity (Wildman–Crippen MR) is 79.4 cm³/mol. The van der Waals surface area contributed by atoms with Crippen LogP contribution in [-0.4, -0.2) is 25.8 Å². The Morgan fingerprint density at radius 1 is 0.857 bits per heavy atom. The summed E-state index contributed by atoms with van der Waals surface area (Å²) in [7, 11) is 2.95. The van der Waals surface area contributed by atoms with E-state index in [0.717, 1.165) is 0 Å². The van der Waals surface area contributed by atoms with Crippen molar-refractivity contribution in [3.63, 3.8) is 0 Å². The molecule has 0 N–H and O–H groups in total. The minimum absolute atomic E-state index is 0.170. The van der Waals surface area contributed by atoms with Crippen molar-refractivity contribution < 1.29 is 19.1 Å². The molecule has 0 bridgehead atoms. The molecule has 0 saturated heterocycles. The summed E-state index contributed by atoms with van der Waals surface area (Å²) < 4.78 is 10.4. The van der Waals surface area contributed by atoms with Crippen LogP contribution in [0.3, 0.4) is 0 Å². The Morgan fingerprint density at radius 2 is 1.43 bits per heavy atom. The molecule has 0 fully saturated rings. The third-order valence-electron chi connectivity index (χ3n) is 3.18. The van der Waals surface area contributed by atoms with E-state index in [9.17, 15) is 9.59 Å². The van der Waals surface area contributed by atoms with Crippen LogP contribution >= 0.6 is 0 Å². The topological polar surface area (TPSA) is 52.6 Å².